The highest BCUT2D eigenvalue weighted by atomic mass is 19.4. The number of imidazole rings is 1. The van der Waals surface area contributed by atoms with Gasteiger partial charge in [-0.05, 0) is 30.5 Å². The quantitative estimate of drug-likeness (QED) is 0.586. The molecule has 3 rings (SSSR count). The van der Waals surface area contributed by atoms with Crippen LogP contribution in [0.15, 0.2) is 33.9 Å². The normalized spacial score (nSPS) is 12.1. The maximum Gasteiger partial charge on any atom is 0.416 e. The van der Waals surface area contributed by atoms with Gasteiger partial charge in [-0.25, -0.2) is 9.78 Å². The fraction of sp³-hybridized carbons (Fsp3) is 0.476. The van der Waals surface area contributed by atoms with Crippen LogP contribution in [-0.4, -0.2) is 23.8 Å². The van der Waals surface area contributed by atoms with Crippen molar-refractivity contribution >= 4 is 11.2 Å². The van der Waals surface area contributed by atoms with Gasteiger partial charge in [0.25, 0.3) is 5.56 Å². The van der Waals surface area contributed by atoms with Crippen LogP contribution in [0.2, 0.25) is 0 Å². The fourth-order valence-electron chi connectivity index (χ4n) is 3.61. The van der Waals surface area contributed by atoms with Gasteiger partial charge in [-0.2, -0.15) is 13.2 Å². The summed E-state index contributed by atoms with van der Waals surface area (Å²) < 4.78 is 43.2. The van der Waals surface area contributed by atoms with Crippen LogP contribution in [0, 0.1) is 0 Å². The van der Waals surface area contributed by atoms with E-state index in [1.165, 1.54) is 16.7 Å². The summed E-state index contributed by atoms with van der Waals surface area (Å²) in [5.74, 6) is 0.274. The minimum atomic E-state index is -4.53. The third kappa shape index (κ3) is 4.43. The average Bonchev–Trinajstić information content (AvgIpc) is 3.09. The highest BCUT2D eigenvalue weighted by Crippen LogP contribution is 2.29. The van der Waals surface area contributed by atoms with Gasteiger partial charge in [-0.3, -0.25) is 13.9 Å². The molecule has 0 spiro atoms. The molecule has 0 radical (unpaired) electrons. The van der Waals surface area contributed by atoms with E-state index in [-0.39, 0.29) is 29.1 Å². The van der Waals surface area contributed by atoms with Crippen molar-refractivity contribution < 1.29 is 18.3 Å². The van der Waals surface area contributed by atoms with Crippen LogP contribution in [-0.2, 0) is 32.4 Å². The van der Waals surface area contributed by atoms with Gasteiger partial charge in [0.05, 0.1) is 12.1 Å². The van der Waals surface area contributed by atoms with Gasteiger partial charge < -0.3 is 9.67 Å². The van der Waals surface area contributed by atoms with Crippen molar-refractivity contribution in [1.29, 1.82) is 0 Å². The third-order valence-corrected chi connectivity index (χ3v) is 5.11. The number of aromatic nitrogens is 4. The molecule has 1 N–H and O–H groups in total. The second-order valence-electron chi connectivity index (χ2n) is 7.39. The first-order valence-corrected chi connectivity index (χ1v) is 10.2. The number of nitrogens with zero attached hydrogens (tertiary/aromatic N) is 4. The first kappa shape index (κ1) is 22.8. The summed E-state index contributed by atoms with van der Waals surface area (Å²) in [5, 5.41) is 9.70. The Kier molecular flexibility index (Phi) is 6.68. The predicted molar refractivity (Wildman–Crippen MR) is 110 cm³/mol. The zero-order chi connectivity index (χ0) is 22.8. The van der Waals surface area contributed by atoms with E-state index in [2.05, 4.69) is 4.98 Å². The number of hydrogen-bond donors (Lipinski definition) is 1. The number of alkyl halides is 3. The molecule has 0 atom stereocenters. The molecule has 10 heteroatoms. The van der Waals surface area contributed by atoms with E-state index in [1.807, 2.05) is 13.8 Å². The summed E-state index contributed by atoms with van der Waals surface area (Å²) in [5.41, 5.74) is -1.54. The van der Waals surface area contributed by atoms with Crippen molar-refractivity contribution in [1.82, 2.24) is 18.7 Å². The monoisotopic (exact) mass is 438 g/mol. The molecule has 0 aliphatic rings. The van der Waals surface area contributed by atoms with Crippen molar-refractivity contribution in [3.63, 3.8) is 0 Å². The van der Waals surface area contributed by atoms with E-state index in [0.717, 1.165) is 23.1 Å². The van der Waals surface area contributed by atoms with Crippen molar-refractivity contribution in [3.8, 4) is 0 Å². The van der Waals surface area contributed by atoms with Gasteiger partial charge in [-0.1, -0.05) is 32.4 Å². The first-order chi connectivity index (χ1) is 14.7. The van der Waals surface area contributed by atoms with E-state index in [4.69, 9.17) is 0 Å². The summed E-state index contributed by atoms with van der Waals surface area (Å²) >= 11 is 0. The molecule has 0 amide bonds. The second-order valence-corrected chi connectivity index (χ2v) is 7.39. The molecule has 2 aromatic heterocycles. The van der Waals surface area contributed by atoms with Gasteiger partial charge in [0.2, 0.25) is 0 Å². The Morgan fingerprint density at radius 1 is 1.03 bits per heavy atom. The summed E-state index contributed by atoms with van der Waals surface area (Å²) in [6, 6.07) is 4.58. The lowest BCUT2D eigenvalue weighted by Crippen LogP contribution is -2.41. The lowest BCUT2D eigenvalue weighted by molar-refractivity contribution is -0.137. The van der Waals surface area contributed by atoms with Crippen LogP contribution in [0.1, 0.15) is 50.1 Å². The maximum absolute atomic E-state index is 13.3. The smallest absolute Gasteiger partial charge is 0.388 e. The first-order valence-electron chi connectivity index (χ1n) is 10.2. The lowest BCUT2D eigenvalue weighted by atomic mass is 10.1. The summed E-state index contributed by atoms with van der Waals surface area (Å²) in [6.07, 6.45) is -2.41. The zero-order valence-electron chi connectivity index (χ0n) is 17.4. The number of halogens is 3. The number of hydrogen-bond acceptors (Lipinski definition) is 4. The maximum atomic E-state index is 13.3. The molecular weight excluding hydrogens is 413 g/mol. The minimum Gasteiger partial charge on any atom is -0.388 e. The molecule has 0 saturated heterocycles. The summed E-state index contributed by atoms with van der Waals surface area (Å²) in [4.78, 5) is 30.8. The van der Waals surface area contributed by atoms with Crippen LogP contribution in [0.3, 0.4) is 0 Å². The van der Waals surface area contributed by atoms with Crippen molar-refractivity contribution in [2.45, 2.75) is 65.5 Å². The van der Waals surface area contributed by atoms with E-state index < -0.39 is 29.6 Å². The third-order valence-electron chi connectivity index (χ3n) is 5.11. The highest BCUT2D eigenvalue weighted by Gasteiger charge is 2.30. The molecule has 0 unspecified atom stereocenters. The Labute approximate surface area is 176 Å². The Morgan fingerprint density at radius 2 is 1.77 bits per heavy atom. The largest absolute Gasteiger partial charge is 0.416 e. The van der Waals surface area contributed by atoms with Crippen LogP contribution >= 0.6 is 0 Å². The Morgan fingerprint density at radius 3 is 2.39 bits per heavy atom. The van der Waals surface area contributed by atoms with Crippen LogP contribution in [0.4, 0.5) is 13.2 Å². The molecule has 0 saturated carbocycles. The number of benzene rings is 1. The molecule has 2 heterocycles. The number of aryl methyl sites for hydroxylation is 2. The standard InChI is InChI=1S/C21H25F3N4O3/c1-3-5-10-27-18-17(26(9-4-2)16(13-29)25-18)19(30)28(20(27)31)12-14-7-6-8-15(11-14)21(22,23)24/h6-8,11,29H,3-5,9-10,12-13H2,1-2H3. The Balaban J connectivity index is 2.25. The van der Waals surface area contributed by atoms with Gasteiger partial charge >= 0.3 is 11.9 Å². The highest BCUT2D eigenvalue weighted by molar-refractivity contribution is 5.71. The Bertz CT molecular complexity index is 1190. The number of aliphatic hydroxyl groups excluding tert-OH is 1. The lowest BCUT2D eigenvalue weighted by Gasteiger charge is -2.13. The van der Waals surface area contributed by atoms with Gasteiger partial charge in [0.1, 0.15) is 12.4 Å². The summed E-state index contributed by atoms with van der Waals surface area (Å²) in [7, 11) is 0. The average molecular weight is 438 g/mol. The predicted octanol–water partition coefficient (Wildman–Crippen LogP) is 3.13. The van der Waals surface area contributed by atoms with E-state index in [1.54, 1.807) is 4.57 Å². The molecule has 0 bridgehead atoms. The molecule has 0 fully saturated rings. The van der Waals surface area contributed by atoms with Gasteiger partial charge in [0, 0.05) is 13.1 Å². The minimum absolute atomic E-state index is 0.175. The van der Waals surface area contributed by atoms with Gasteiger partial charge in [-0.15, -0.1) is 0 Å². The fourth-order valence-corrected chi connectivity index (χ4v) is 3.61. The zero-order valence-corrected chi connectivity index (χ0v) is 17.4. The van der Waals surface area contributed by atoms with Crippen LogP contribution < -0.4 is 11.2 Å². The second kappa shape index (κ2) is 9.09. The molecule has 3 aromatic rings. The molecule has 168 valence electrons. The number of unbranched alkanes of at least 4 members (excludes halogenated alkanes) is 1. The number of aliphatic hydroxyl groups is 1. The van der Waals surface area contributed by atoms with E-state index >= 15 is 0 Å². The number of rotatable bonds is 8. The Hall–Kier alpha value is -2.88. The SMILES string of the molecule is CCCCn1c(=O)n(Cc2cccc(C(F)(F)F)c2)c(=O)c2c1nc(CO)n2CCC. The van der Waals surface area contributed by atoms with Crippen molar-refractivity contribution in [2.24, 2.45) is 0 Å². The van der Waals surface area contributed by atoms with E-state index in [0.29, 0.717) is 25.9 Å². The molecule has 0 aliphatic carbocycles. The van der Waals surface area contributed by atoms with Gasteiger partial charge in [0.15, 0.2) is 11.2 Å². The van der Waals surface area contributed by atoms with Crippen LogP contribution in [0.25, 0.3) is 11.2 Å². The molecular formula is C21H25F3N4O3. The van der Waals surface area contributed by atoms with Crippen molar-refractivity contribution in [2.75, 3.05) is 0 Å². The van der Waals surface area contributed by atoms with E-state index in [9.17, 15) is 27.9 Å². The molecule has 0 aliphatic heterocycles. The molecule has 31 heavy (non-hydrogen) atoms. The summed E-state index contributed by atoms with van der Waals surface area (Å²) in [6.45, 7) is 3.88. The van der Waals surface area contributed by atoms with Crippen molar-refractivity contribution in [3.05, 3.63) is 62.1 Å². The topological polar surface area (TPSA) is 82.1 Å². The molecule has 7 nitrogen and oxygen atoms in total. The van der Waals surface area contributed by atoms with Crippen LogP contribution in [0.5, 0.6) is 0 Å². The number of fused-ring (bicyclic) bond motifs is 1. The molecule has 1 aromatic carbocycles.